The minimum Gasteiger partial charge on any atom is -0.494 e. The first-order chi connectivity index (χ1) is 32.4. The van der Waals surface area contributed by atoms with Gasteiger partial charge in [0.25, 0.3) is 0 Å². The van der Waals surface area contributed by atoms with Crippen molar-refractivity contribution in [2.45, 2.75) is 103 Å². The molecule has 0 N–H and O–H groups in total. The van der Waals surface area contributed by atoms with E-state index in [1.165, 1.54) is 60.7 Å². The molecule has 0 unspecified atom stereocenters. The fourth-order valence-corrected chi connectivity index (χ4v) is 7.19. The van der Waals surface area contributed by atoms with Crippen LogP contribution >= 0.6 is 0 Å². The Hall–Kier alpha value is -6.67. The topological polar surface area (TPSA) is 133 Å². The Morgan fingerprint density at radius 3 is 1.40 bits per heavy atom. The normalized spacial score (nSPS) is 15.8. The molecule has 0 aliphatic carbocycles. The van der Waals surface area contributed by atoms with Gasteiger partial charge in [0.2, 0.25) is 0 Å². The van der Waals surface area contributed by atoms with E-state index in [2.05, 4.69) is 13.8 Å². The van der Waals surface area contributed by atoms with Crippen LogP contribution in [-0.2, 0) is 20.4 Å². The molecule has 1 aliphatic heterocycles. The van der Waals surface area contributed by atoms with Crippen molar-refractivity contribution in [3.05, 3.63) is 155 Å². The highest BCUT2D eigenvalue weighted by Gasteiger charge is 2.37. The first-order valence-corrected chi connectivity index (χ1v) is 22.7. The maximum Gasteiger partial charge on any atom is 0.416 e. The van der Waals surface area contributed by atoms with E-state index in [1.54, 1.807) is 48.5 Å². The molecule has 1 heterocycles. The van der Waals surface area contributed by atoms with Crippen molar-refractivity contribution in [1.82, 2.24) is 0 Å². The molecule has 0 bridgehead atoms. The fraction of sp³-hybridized carbons (Fsp3) is 0.358. The molecular formula is C53H55F3O11. The second-order valence-electron chi connectivity index (χ2n) is 16.1. The summed E-state index contributed by atoms with van der Waals surface area (Å²) in [6.45, 7) is 5.11. The van der Waals surface area contributed by atoms with Crippen LogP contribution in [0.25, 0.3) is 0 Å². The van der Waals surface area contributed by atoms with Crippen LogP contribution in [0.15, 0.2) is 121 Å². The Morgan fingerprint density at radius 2 is 0.955 bits per heavy atom. The van der Waals surface area contributed by atoms with Crippen LogP contribution in [0.1, 0.15) is 137 Å². The highest BCUT2D eigenvalue weighted by Crippen LogP contribution is 2.36. The number of hydrogen-bond donors (Lipinski definition) is 0. The van der Waals surface area contributed by atoms with Gasteiger partial charge in [-0.2, -0.15) is 13.2 Å². The number of hydrogen-bond acceptors (Lipinski definition) is 11. The van der Waals surface area contributed by atoms with E-state index >= 15 is 0 Å². The molecule has 1 fully saturated rings. The summed E-state index contributed by atoms with van der Waals surface area (Å²) in [6, 6.07) is 29.3. The summed E-state index contributed by atoms with van der Waals surface area (Å²) in [6.07, 6.45) is 2.01. The first kappa shape index (κ1) is 49.8. The maximum atomic E-state index is 13.5. The minimum atomic E-state index is -4.52. The molecule has 0 radical (unpaired) electrons. The molecule has 3 atom stereocenters. The average molecular weight is 925 g/mol. The molecule has 5 aromatic carbocycles. The van der Waals surface area contributed by atoms with Crippen molar-refractivity contribution in [3.8, 4) is 23.0 Å². The van der Waals surface area contributed by atoms with E-state index in [-0.39, 0.29) is 41.7 Å². The predicted octanol–water partition coefficient (Wildman–Crippen LogP) is 12.4. The van der Waals surface area contributed by atoms with Gasteiger partial charge in [-0.25, -0.2) is 19.2 Å². The summed E-state index contributed by atoms with van der Waals surface area (Å²) in [4.78, 5) is 52.5. The van der Waals surface area contributed by atoms with Gasteiger partial charge >= 0.3 is 30.1 Å². The second-order valence-corrected chi connectivity index (χ2v) is 16.1. The molecule has 354 valence electrons. The molecule has 5 aromatic rings. The Labute approximate surface area is 388 Å². The lowest BCUT2D eigenvalue weighted by atomic mass is 9.95. The molecule has 1 saturated heterocycles. The third-order valence-electron chi connectivity index (χ3n) is 11.0. The predicted molar refractivity (Wildman–Crippen MR) is 243 cm³/mol. The van der Waals surface area contributed by atoms with Gasteiger partial charge in [0.1, 0.15) is 41.8 Å². The molecule has 1 aliphatic rings. The molecule has 0 aromatic heterocycles. The van der Waals surface area contributed by atoms with Crippen LogP contribution in [0.4, 0.5) is 13.2 Å². The minimum absolute atomic E-state index is 0.110. The molecule has 67 heavy (non-hydrogen) atoms. The molecule has 0 amide bonds. The van der Waals surface area contributed by atoms with Gasteiger partial charge in [0.05, 0.1) is 47.1 Å². The zero-order valence-corrected chi connectivity index (χ0v) is 37.6. The lowest BCUT2D eigenvalue weighted by molar-refractivity contribution is -0.140. The third-order valence-corrected chi connectivity index (χ3v) is 11.0. The van der Waals surface area contributed by atoms with E-state index in [9.17, 15) is 32.3 Å². The van der Waals surface area contributed by atoms with Crippen LogP contribution in [0.3, 0.4) is 0 Å². The SMILES string of the molecule is CCCCCCOc1ccc(OC(=O)c2ccc(C(=O)OC[C@H]3O[C@@H](c4ccc(C(F)(F)F)cc4)CC[C@@H]3OC(=O)c3ccc(C(=O)Oc4ccc(OCCCCCC)cc4)cc3)cc2)cc1. The van der Waals surface area contributed by atoms with Gasteiger partial charge in [-0.3, -0.25) is 0 Å². The highest BCUT2D eigenvalue weighted by molar-refractivity contribution is 5.95. The van der Waals surface area contributed by atoms with Gasteiger partial charge < -0.3 is 33.2 Å². The second kappa shape index (κ2) is 24.7. The zero-order valence-electron chi connectivity index (χ0n) is 37.6. The molecule has 0 saturated carbocycles. The van der Waals surface area contributed by atoms with Crippen molar-refractivity contribution >= 4 is 23.9 Å². The number of halogens is 3. The molecule has 11 nitrogen and oxygen atoms in total. The quantitative estimate of drug-likeness (QED) is 0.0373. The van der Waals surface area contributed by atoms with E-state index in [0.29, 0.717) is 41.8 Å². The number of carbonyl (C=O) groups is 4. The number of ether oxygens (including phenoxy) is 7. The number of esters is 4. The average Bonchev–Trinajstić information content (AvgIpc) is 3.34. The molecule has 14 heteroatoms. The molecule has 0 spiro atoms. The van der Waals surface area contributed by atoms with Crippen molar-refractivity contribution in [2.24, 2.45) is 0 Å². The van der Waals surface area contributed by atoms with Crippen LogP contribution < -0.4 is 18.9 Å². The zero-order chi connectivity index (χ0) is 47.6. The lowest BCUT2D eigenvalue weighted by Gasteiger charge is -2.36. The molecule has 6 rings (SSSR count). The number of unbranched alkanes of at least 4 members (excludes halogenated alkanes) is 6. The van der Waals surface area contributed by atoms with Crippen molar-refractivity contribution in [1.29, 1.82) is 0 Å². The largest absolute Gasteiger partial charge is 0.494 e. The van der Waals surface area contributed by atoms with Crippen LogP contribution in [-0.4, -0.2) is 55.9 Å². The highest BCUT2D eigenvalue weighted by atomic mass is 19.4. The van der Waals surface area contributed by atoms with Crippen LogP contribution in [0.2, 0.25) is 0 Å². The van der Waals surface area contributed by atoms with Crippen molar-refractivity contribution < 1.29 is 65.5 Å². The Morgan fingerprint density at radius 1 is 0.522 bits per heavy atom. The van der Waals surface area contributed by atoms with E-state index in [0.717, 1.165) is 63.5 Å². The monoisotopic (exact) mass is 924 g/mol. The Balaban J connectivity index is 1.05. The van der Waals surface area contributed by atoms with Crippen LogP contribution in [0.5, 0.6) is 23.0 Å². The fourth-order valence-electron chi connectivity index (χ4n) is 7.19. The summed E-state index contributed by atoms with van der Waals surface area (Å²) < 4.78 is 80.2. The smallest absolute Gasteiger partial charge is 0.416 e. The summed E-state index contributed by atoms with van der Waals surface area (Å²) in [5, 5.41) is 0. The maximum absolute atomic E-state index is 13.5. The van der Waals surface area contributed by atoms with Gasteiger partial charge in [0.15, 0.2) is 0 Å². The number of carbonyl (C=O) groups excluding carboxylic acids is 4. The van der Waals surface area contributed by atoms with Gasteiger partial charge in [-0.15, -0.1) is 0 Å². The standard InChI is InChI=1S/C53H55F3O11/c1-3-5-7-9-33-61-42-23-27-44(28-24-42)64-50(58)38-13-11-37(12-14-38)49(57)63-35-48-47(32-31-46(66-48)36-19-21-41(22-20-36)53(54,55)56)67-52(60)40-17-15-39(16-18-40)51(59)65-45-29-25-43(26-30-45)62-34-10-8-6-4-2/h11-30,46-48H,3-10,31-35H2,1-2H3/t46-,47+,48-/m1/s1. The number of alkyl halides is 3. The summed E-state index contributed by atoms with van der Waals surface area (Å²) in [5.74, 6) is -0.816. The van der Waals surface area contributed by atoms with E-state index < -0.39 is 53.9 Å². The Kier molecular flexibility index (Phi) is 18.4. The summed E-state index contributed by atoms with van der Waals surface area (Å²) in [7, 11) is 0. The summed E-state index contributed by atoms with van der Waals surface area (Å²) >= 11 is 0. The van der Waals surface area contributed by atoms with Gasteiger partial charge in [0, 0.05) is 0 Å². The van der Waals surface area contributed by atoms with Gasteiger partial charge in [-0.05, 0) is 140 Å². The first-order valence-electron chi connectivity index (χ1n) is 22.7. The lowest BCUT2D eigenvalue weighted by Crippen LogP contribution is -2.42. The van der Waals surface area contributed by atoms with Crippen molar-refractivity contribution in [2.75, 3.05) is 19.8 Å². The number of benzene rings is 5. The molecular weight excluding hydrogens is 870 g/mol. The Bertz CT molecular complexity index is 2350. The van der Waals surface area contributed by atoms with Gasteiger partial charge in [-0.1, -0.05) is 64.5 Å². The van der Waals surface area contributed by atoms with E-state index in [4.69, 9.17) is 33.2 Å². The van der Waals surface area contributed by atoms with E-state index in [1.807, 2.05) is 0 Å². The van der Waals surface area contributed by atoms with Crippen LogP contribution in [0, 0.1) is 0 Å². The van der Waals surface area contributed by atoms with Crippen molar-refractivity contribution in [3.63, 3.8) is 0 Å². The summed E-state index contributed by atoms with van der Waals surface area (Å²) in [5.41, 5.74) is 0.246. The number of rotatable bonds is 22. The third kappa shape index (κ3) is 15.2.